The van der Waals surface area contributed by atoms with Gasteiger partial charge in [-0.2, -0.15) is 0 Å². The van der Waals surface area contributed by atoms with E-state index in [1.165, 1.54) is 0 Å². The van der Waals surface area contributed by atoms with Crippen LogP contribution in [0.5, 0.6) is 0 Å². The number of benzene rings is 1. The molecule has 0 aliphatic rings. The standard InChI is InChI=1S/C10H10ClN3O/c1-6(12)9-13-14-10(15-9)7-4-2-3-5-8(7)11/h2-6H,12H2,1H3. The van der Waals surface area contributed by atoms with E-state index in [1.54, 1.807) is 13.0 Å². The average Bonchev–Trinajstić information content (AvgIpc) is 2.67. The van der Waals surface area contributed by atoms with Gasteiger partial charge in [0.1, 0.15) is 0 Å². The fraction of sp³-hybridized carbons (Fsp3) is 0.200. The van der Waals surface area contributed by atoms with Gasteiger partial charge in [0.2, 0.25) is 11.8 Å². The zero-order valence-corrected chi connectivity index (χ0v) is 8.90. The smallest absolute Gasteiger partial charge is 0.249 e. The van der Waals surface area contributed by atoms with Gasteiger partial charge in [0.15, 0.2) is 0 Å². The molecule has 2 N–H and O–H groups in total. The number of aromatic nitrogens is 2. The number of hydrogen-bond acceptors (Lipinski definition) is 4. The molecule has 0 spiro atoms. The quantitative estimate of drug-likeness (QED) is 0.849. The molecule has 0 fully saturated rings. The molecule has 1 aromatic carbocycles. The monoisotopic (exact) mass is 223 g/mol. The maximum Gasteiger partial charge on any atom is 0.249 e. The van der Waals surface area contributed by atoms with Crippen LogP contribution in [0.4, 0.5) is 0 Å². The Balaban J connectivity index is 2.42. The van der Waals surface area contributed by atoms with Gasteiger partial charge in [0.05, 0.1) is 16.6 Å². The topological polar surface area (TPSA) is 64.9 Å². The SMILES string of the molecule is CC(N)c1nnc(-c2ccccc2Cl)o1. The van der Waals surface area contributed by atoms with Gasteiger partial charge in [0, 0.05) is 0 Å². The molecule has 0 aliphatic carbocycles. The van der Waals surface area contributed by atoms with Crippen LogP contribution in [0.25, 0.3) is 11.5 Å². The van der Waals surface area contributed by atoms with Gasteiger partial charge in [-0.3, -0.25) is 0 Å². The molecular formula is C10H10ClN3O. The van der Waals surface area contributed by atoms with Gasteiger partial charge < -0.3 is 10.2 Å². The fourth-order valence-electron chi connectivity index (χ4n) is 1.16. The summed E-state index contributed by atoms with van der Waals surface area (Å²) in [6.45, 7) is 1.78. The molecule has 1 atom stereocenters. The van der Waals surface area contributed by atoms with Crippen molar-refractivity contribution in [1.82, 2.24) is 10.2 Å². The summed E-state index contributed by atoms with van der Waals surface area (Å²) < 4.78 is 5.38. The largest absolute Gasteiger partial charge is 0.419 e. The van der Waals surface area contributed by atoms with Crippen LogP contribution in [0.1, 0.15) is 18.9 Å². The van der Waals surface area contributed by atoms with Gasteiger partial charge in [-0.25, -0.2) is 0 Å². The molecule has 5 heteroatoms. The van der Waals surface area contributed by atoms with Crippen LogP contribution in [0.3, 0.4) is 0 Å². The predicted molar refractivity (Wildman–Crippen MR) is 57.3 cm³/mol. The van der Waals surface area contributed by atoms with Crippen LogP contribution in [-0.4, -0.2) is 10.2 Å². The second-order valence-electron chi connectivity index (χ2n) is 3.21. The number of nitrogens with two attached hydrogens (primary N) is 1. The van der Waals surface area contributed by atoms with E-state index < -0.39 is 0 Å². The first kappa shape index (κ1) is 10.1. The van der Waals surface area contributed by atoms with Crippen molar-refractivity contribution >= 4 is 11.6 Å². The minimum Gasteiger partial charge on any atom is -0.419 e. The van der Waals surface area contributed by atoms with E-state index in [0.29, 0.717) is 16.8 Å². The molecule has 1 heterocycles. The Morgan fingerprint density at radius 1 is 1.33 bits per heavy atom. The first-order valence-electron chi connectivity index (χ1n) is 4.52. The third-order valence-corrected chi connectivity index (χ3v) is 2.26. The third kappa shape index (κ3) is 2.00. The number of hydrogen-bond donors (Lipinski definition) is 1. The van der Waals surface area contributed by atoms with Crippen molar-refractivity contribution < 1.29 is 4.42 Å². The lowest BCUT2D eigenvalue weighted by Crippen LogP contribution is -2.04. The van der Waals surface area contributed by atoms with Crippen molar-refractivity contribution in [2.75, 3.05) is 0 Å². The Morgan fingerprint density at radius 3 is 2.67 bits per heavy atom. The normalized spacial score (nSPS) is 12.7. The number of nitrogens with zero attached hydrogens (tertiary/aromatic N) is 2. The van der Waals surface area contributed by atoms with Gasteiger partial charge in [0.25, 0.3) is 0 Å². The van der Waals surface area contributed by atoms with E-state index in [0.717, 1.165) is 5.56 Å². The maximum atomic E-state index is 5.99. The van der Waals surface area contributed by atoms with Gasteiger partial charge in [-0.05, 0) is 19.1 Å². The molecule has 0 bridgehead atoms. The highest BCUT2D eigenvalue weighted by Gasteiger charge is 2.13. The summed E-state index contributed by atoms with van der Waals surface area (Å²) >= 11 is 5.99. The molecule has 0 aliphatic heterocycles. The molecule has 78 valence electrons. The second-order valence-corrected chi connectivity index (χ2v) is 3.62. The van der Waals surface area contributed by atoms with E-state index in [1.807, 2.05) is 18.2 Å². The van der Waals surface area contributed by atoms with Crippen LogP contribution in [0.15, 0.2) is 28.7 Å². The summed E-state index contributed by atoms with van der Waals surface area (Å²) in [7, 11) is 0. The minimum atomic E-state index is -0.270. The summed E-state index contributed by atoms with van der Waals surface area (Å²) in [5.74, 6) is 0.804. The second kappa shape index (κ2) is 4.00. The highest BCUT2D eigenvalue weighted by Crippen LogP contribution is 2.26. The highest BCUT2D eigenvalue weighted by molar-refractivity contribution is 6.33. The maximum absolute atomic E-state index is 5.99. The summed E-state index contributed by atoms with van der Waals surface area (Å²) in [5.41, 5.74) is 6.33. The first-order valence-corrected chi connectivity index (χ1v) is 4.90. The lowest BCUT2D eigenvalue weighted by Gasteiger charge is -1.98. The first-order chi connectivity index (χ1) is 7.18. The molecule has 15 heavy (non-hydrogen) atoms. The minimum absolute atomic E-state index is 0.270. The Kier molecular flexibility index (Phi) is 2.70. The zero-order valence-electron chi connectivity index (χ0n) is 8.14. The van der Waals surface area contributed by atoms with Crippen molar-refractivity contribution in [3.8, 4) is 11.5 Å². The third-order valence-electron chi connectivity index (χ3n) is 1.93. The van der Waals surface area contributed by atoms with Crippen molar-refractivity contribution in [3.05, 3.63) is 35.2 Å². The van der Waals surface area contributed by atoms with Crippen LogP contribution < -0.4 is 5.73 Å². The van der Waals surface area contributed by atoms with Crippen molar-refractivity contribution in [3.63, 3.8) is 0 Å². The molecule has 1 unspecified atom stereocenters. The summed E-state index contributed by atoms with van der Waals surface area (Å²) in [5, 5.41) is 8.30. The number of rotatable bonds is 2. The molecule has 2 aromatic rings. The Bertz CT molecular complexity index is 467. The Labute approximate surface area is 92.1 Å². The van der Waals surface area contributed by atoms with Crippen LogP contribution >= 0.6 is 11.6 Å². The Hall–Kier alpha value is -1.39. The summed E-state index contributed by atoms with van der Waals surface area (Å²) in [6.07, 6.45) is 0. The molecule has 0 saturated heterocycles. The summed E-state index contributed by atoms with van der Waals surface area (Å²) in [4.78, 5) is 0. The predicted octanol–water partition coefficient (Wildman–Crippen LogP) is 2.41. The van der Waals surface area contributed by atoms with E-state index in [-0.39, 0.29) is 6.04 Å². The van der Waals surface area contributed by atoms with Crippen molar-refractivity contribution in [1.29, 1.82) is 0 Å². The van der Waals surface area contributed by atoms with E-state index in [2.05, 4.69) is 10.2 Å². The van der Waals surface area contributed by atoms with Crippen molar-refractivity contribution in [2.45, 2.75) is 13.0 Å². The van der Waals surface area contributed by atoms with Crippen LogP contribution in [0.2, 0.25) is 5.02 Å². The van der Waals surface area contributed by atoms with E-state index in [9.17, 15) is 0 Å². The number of halogens is 1. The molecule has 1 aromatic heterocycles. The highest BCUT2D eigenvalue weighted by atomic mass is 35.5. The van der Waals surface area contributed by atoms with E-state index in [4.69, 9.17) is 21.8 Å². The van der Waals surface area contributed by atoms with E-state index >= 15 is 0 Å². The lowest BCUT2D eigenvalue weighted by atomic mass is 10.2. The molecule has 0 radical (unpaired) electrons. The summed E-state index contributed by atoms with van der Waals surface area (Å²) in [6, 6.07) is 7.02. The van der Waals surface area contributed by atoms with Gasteiger partial charge in [-0.1, -0.05) is 23.7 Å². The lowest BCUT2D eigenvalue weighted by molar-refractivity contribution is 0.473. The fourth-order valence-corrected chi connectivity index (χ4v) is 1.38. The van der Waals surface area contributed by atoms with Gasteiger partial charge in [-0.15, -0.1) is 10.2 Å². The van der Waals surface area contributed by atoms with Crippen LogP contribution in [-0.2, 0) is 0 Å². The van der Waals surface area contributed by atoms with Crippen molar-refractivity contribution in [2.24, 2.45) is 5.73 Å². The molecule has 0 saturated carbocycles. The zero-order chi connectivity index (χ0) is 10.8. The molecule has 2 rings (SSSR count). The Morgan fingerprint density at radius 2 is 2.07 bits per heavy atom. The average molecular weight is 224 g/mol. The molecular weight excluding hydrogens is 214 g/mol. The molecule has 4 nitrogen and oxygen atoms in total. The molecule has 0 amide bonds. The van der Waals surface area contributed by atoms with Gasteiger partial charge >= 0.3 is 0 Å². The van der Waals surface area contributed by atoms with Crippen LogP contribution in [0, 0.1) is 0 Å².